The summed E-state index contributed by atoms with van der Waals surface area (Å²) in [5.41, 5.74) is 5.83. The molecule has 0 radical (unpaired) electrons. The van der Waals surface area contributed by atoms with Gasteiger partial charge in [0.05, 0.1) is 0 Å². The lowest BCUT2D eigenvalue weighted by Crippen LogP contribution is -2.12. The third-order valence-corrected chi connectivity index (χ3v) is 2.30. The Hall–Kier alpha value is -1.31. The van der Waals surface area contributed by atoms with Gasteiger partial charge in [0.2, 0.25) is 5.82 Å². The minimum Gasteiger partial charge on any atom is -0.387 e. The molecule has 0 saturated carbocycles. The van der Waals surface area contributed by atoms with Crippen molar-refractivity contribution in [1.29, 1.82) is 0 Å². The molecule has 2 rings (SSSR count). The summed E-state index contributed by atoms with van der Waals surface area (Å²) in [6, 6.07) is 1.51. The van der Waals surface area contributed by atoms with Gasteiger partial charge < -0.3 is 5.73 Å². The predicted octanol–water partition coefficient (Wildman–Crippen LogP) is 0.998. The maximum absolute atomic E-state index is 5.83. The summed E-state index contributed by atoms with van der Waals surface area (Å²) in [5, 5.41) is 11.6. The molecule has 0 aliphatic carbocycles. The molecule has 0 saturated heterocycles. The first kappa shape index (κ1) is 11.2. The van der Waals surface area contributed by atoms with E-state index in [4.69, 9.17) is 41.2 Å². The van der Waals surface area contributed by atoms with Gasteiger partial charge in [-0.2, -0.15) is 0 Å². The van der Waals surface area contributed by atoms with Gasteiger partial charge in [-0.1, -0.05) is 35.4 Å². The van der Waals surface area contributed by atoms with E-state index >= 15 is 0 Å². The van der Waals surface area contributed by atoms with Crippen LogP contribution in [0, 0.1) is 0 Å². The maximum atomic E-state index is 5.83. The number of hydrogen-bond acceptors (Lipinski definition) is 5. The molecule has 0 atom stereocenters. The van der Waals surface area contributed by atoms with Crippen molar-refractivity contribution in [3.8, 4) is 5.69 Å². The van der Waals surface area contributed by atoms with Crippen LogP contribution in [-0.4, -0.2) is 30.0 Å². The Kier molecular flexibility index (Phi) is 2.99. The smallest absolute Gasteiger partial charge is 0.208 e. The van der Waals surface area contributed by atoms with Crippen LogP contribution in [0.15, 0.2) is 12.4 Å². The molecule has 0 amide bonds. The molecule has 82 valence electrons. The van der Waals surface area contributed by atoms with Gasteiger partial charge in [0.15, 0.2) is 10.3 Å². The molecule has 0 unspecified atom stereocenters. The summed E-state index contributed by atoms with van der Waals surface area (Å²) in [6.45, 7) is 0. The molecule has 0 bridgehead atoms. The Morgan fingerprint density at radius 2 is 2.12 bits per heavy atom. The van der Waals surface area contributed by atoms with E-state index in [1.54, 1.807) is 0 Å². The fourth-order valence-electron chi connectivity index (χ4n) is 0.997. The molecule has 0 spiro atoms. The predicted molar refractivity (Wildman–Crippen MR) is 62.9 cm³/mol. The van der Waals surface area contributed by atoms with E-state index in [2.05, 4.69) is 20.3 Å². The van der Waals surface area contributed by atoms with Crippen molar-refractivity contribution in [3.63, 3.8) is 0 Å². The average Bonchev–Trinajstić information content (AvgIpc) is 2.70. The highest BCUT2D eigenvalue weighted by atomic mass is 35.5. The fraction of sp³-hybridized carbons (Fsp3) is 0. The molecular formula is C7H4Cl2N6S. The van der Waals surface area contributed by atoms with Crippen LogP contribution in [0.3, 0.4) is 0 Å². The first-order valence-electron chi connectivity index (χ1n) is 3.98. The van der Waals surface area contributed by atoms with Crippen molar-refractivity contribution < 1.29 is 0 Å². The second-order valence-corrected chi connectivity index (χ2v) is 3.91. The lowest BCUT2D eigenvalue weighted by atomic mass is 10.5. The van der Waals surface area contributed by atoms with Crippen molar-refractivity contribution >= 4 is 40.4 Å². The van der Waals surface area contributed by atoms with E-state index in [9.17, 15) is 0 Å². The third kappa shape index (κ3) is 2.11. The molecule has 9 heteroatoms. The highest BCUT2D eigenvalue weighted by molar-refractivity contribution is 7.80. The van der Waals surface area contributed by atoms with Crippen LogP contribution in [0.1, 0.15) is 5.82 Å². The standard InChI is InChI=1S/C7H4Cl2N6S/c8-4-1-3(5(9)13-12-4)15-2-11-7(14-15)6(10)16/h1-2H,(H2,10,16). The van der Waals surface area contributed by atoms with E-state index in [-0.39, 0.29) is 21.1 Å². The summed E-state index contributed by atoms with van der Waals surface area (Å²) in [7, 11) is 0. The van der Waals surface area contributed by atoms with Crippen LogP contribution in [0.2, 0.25) is 10.3 Å². The fourth-order valence-corrected chi connectivity index (χ4v) is 1.41. The summed E-state index contributed by atoms with van der Waals surface area (Å²) in [5.74, 6) is 0.249. The Labute approximate surface area is 105 Å². The summed E-state index contributed by atoms with van der Waals surface area (Å²) >= 11 is 16.3. The largest absolute Gasteiger partial charge is 0.387 e. The Morgan fingerprint density at radius 1 is 1.38 bits per heavy atom. The zero-order valence-electron chi connectivity index (χ0n) is 7.63. The van der Waals surface area contributed by atoms with Crippen molar-refractivity contribution in [3.05, 3.63) is 28.5 Å². The first-order valence-corrected chi connectivity index (χ1v) is 5.15. The summed E-state index contributed by atoms with van der Waals surface area (Å²) in [4.78, 5) is 4.00. The van der Waals surface area contributed by atoms with Gasteiger partial charge in [0, 0.05) is 6.07 Å². The van der Waals surface area contributed by atoms with Crippen LogP contribution in [0.25, 0.3) is 5.69 Å². The van der Waals surface area contributed by atoms with Crippen molar-refractivity contribution in [2.45, 2.75) is 0 Å². The van der Waals surface area contributed by atoms with Crippen LogP contribution >= 0.6 is 35.4 Å². The lowest BCUT2D eigenvalue weighted by Gasteiger charge is -2.01. The second kappa shape index (κ2) is 4.28. The van der Waals surface area contributed by atoms with E-state index in [1.165, 1.54) is 17.1 Å². The molecular weight excluding hydrogens is 271 g/mol. The molecule has 0 fully saturated rings. The Bertz CT molecular complexity index is 554. The number of nitrogens with zero attached hydrogens (tertiary/aromatic N) is 5. The van der Waals surface area contributed by atoms with Crippen molar-refractivity contribution in [1.82, 2.24) is 25.0 Å². The van der Waals surface area contributed by atoms with Crippen LogP contribution < -0.4 is 5.73 Å². The van der Waals surface area contributed by atoms with Gasteiger partial charge in [-0.15, -0.1) is 15.3 Å². The topological polar surface area (TPSA) is 82.5 Å². The van der Waals surface area contributed by atoms with Gasteiger partial charge in [-0.25, -0.2) is 9.67 Å². The SMILES string of the molecule is NC(=S)c1ncn(-c2cc(Cl)nnc2Cl)n1. The van der Waals surface area contributed by atoms with Crippen LogP contribution in [0.5, 0.6) is 0 Å². The van der Waals surface area contributed by atoms with Crippen molar-refractivity contribution in [2.75, 3.05) is 0 Å². The quantitative estimate of drug-likeness (QED) is 0.823. The molecule has 2 heterocycles. The number of thiocarbonyl (C=S) groups is 1. The van der Waals surface area contributed by atoms with Gasteiger partial charge in [-0.3, -0.25) is 0 Å². The van der Waals surface area contributed by atoms with E-state index in [0.717, 1.165) is 0 Å². The Morgan fingerprint density at radius 3 is 2.75 bits per heavy atom. The van der Waals surface area contributed by atoms with Gasteiger partial charge >= 0.3 is 0 Å². The molecule has 0 aromatic carbocycles. The molecule has 2 aromatic rings. The zero-order chi connectivity index (χ0) is 11.7. The third-order valence-electron chi connectivity index (χ3n) is 1.66. The van der Waals surface area contributed by atoms with Crippen LogP contribution in [0.4, 0.5) is 0 Å². The monoisotopic (exact) mass is 274 g/mol. The summed E-state index contributed by atoms with van der Waals surface area (Å²) < 4.78 is 1.37. The molecule has 6 nitrogen and oxygen atoms in total. The highest BCUT2D eigenvalue weighted by Crippen LogP contribution is 2.18. The van der Waals surface area contributed by atoms with E-state index in [0.29, 0.717) is 5.69 Å². The number of halogens is 2. The normalized spacial score (nSPS) is 10.4. The molecule has 16 heavy (non-hydrogen) atoms. The number of aromatic nitrogens is 5. The molecule has 0 aliphatic rings. The van der Waals surface area contributed by atoms with E-state index < -0.39 is 0 Å². The summed E-state index contributed by atoms with van der Waals surface area (Å²) in [6.07, 6.45) is 1.41. The second-order valence-electron chi connectivity index (χ2n) is 2.72. The molecule has 2 aromatic heterocycles. The molecule has 0 aliphatic heterocycles. The number of hydrogen-bond donors (Lipinski definition) is 1. The van der Waals surface area contributed by atoms with E-state index in [1.807, 2.05) is 0 Å². The Balaban J connectivity index is 2.50. The average molecular weight is 275 g/mol. The maximum Gasteiger partial charge on any atom is 0.208 e. The zero-order valence-corrected chi connectivity index (χ0v) is 9.96. The van der Waals surface area contributed by atoms with Gasteiger partial charge in [0.1, 0.15) is 17.0 Å². The van der Waals surface area contributed by atoms with Crippen molar-refractivity contribution in [2.24, 2.45) is 5.73 Å². The van der Waals surface area contributed by atoms with Gasteiger partial charge in [0.25, 0.3) is 0 Å². The minimum absolute atomic E-state index is 0.1000. The number of nitrogens with two attached hydrogens (primary N) is 1. The molecule has 2 N–H and O–H groups in total. The van der Waals surface area contributed by atoms with Gasteiger partial charge in [-0.05, 0) is 0 Å². The highest BCUT2D eigenvalue weighted by Gasteiger charge is 2.10. The number of rotatable bonds is 2. The minimum atomic E-state index is 0.1000. The van der Waals surface area contributed by atoms with Crippen LogP contribution in [-0.2, 0) is 0 Å². The lowest BCUT2D eigenvalue weighted by molar-refractivity contribution is 0.855. The first-order chi connectivity index (χ1) is 7.58.